The highest BCUT2D eigenvalue weighted by atomic mass is 32.1. The number of hydrogen-bond acceptors (Lipinski definition) is 1. The van der Waals surface area contributed by atoms with Crippen molar-refractivity contribution in [2.24, 2.45) is 17.3 Å². The molecule has 0 amide bonds. The fraction of sp³-hybridized carbons (Fsp3) is 0.571. The fourth-order valence-corrected chi connectivity index (χ4v) is 3.46. The first-order chi connectivity index (χ1) is 7.34. The quantitative estimate of drug-likeness (QED) is 0.734. The van der Waals surface area contributed by atoms with Crippen LogP contribution in [0.15, 0.2) is 30.3 Å². The lowest BCUT2D eigenvalue weighted by Crippen LogP contribution is -2.11. The summed E-state index contributed by atoms with van der Waals surface area (Å²) in [7, 11) is 0. The van der Waals surface area contributed by atoms with Crippen LogP contribution in [0.25, 0.3) is 0 Å². The van der Waals surface area contributed by atoms with Crippen LogP contribution >= 0.6 is 12.6 Å². The van der Waals surface area contributed by atoms with E-state index >= 15 is 0 Å². The normalized spacial score (nSPS) is 34.1. The van der Waals surface area contributed by atoms with E-state index in [0.29, 0.717) is 5.41 Å². The first-order valence-electron chi connectivity index (χ1n) is 5.99. The molecule has 0 bridgehead atoms. The maximum atomic E-state index is 4.58. The van der Waals surface area contributed by atoms with Crippen LogP contribution in [0.4, 0.5) is 0 Å². The van der Waals surface area contributed by atoms with Crippen molar-refractivity contribution in [1.29, 1.82) is 0 Å². The van der Waals surface area contributed by atoms with Crippen molar-refractivity contribution in [2.75, 3.05) is 5.75 Å². The van der Waals surface area contributed by atoms with Crippen molar-refractivity contribution in [1.82, 2.24) is 0 Å². The van der Waals surface area contributed by atoms with Gasteiger partial charge in [-0.1, -0.05) is 30.3 Å². The lowest BCUT2D eigenvalue weighted by Gasteiger charge is -2.14. The summed E-state index contributed by atoms with van der Waals surface area (Å²) < 4.78 is 0. The van der Waals surface area contributed by atoms with Gasteiger partial charge >= 0.3 is 0 Å². The molecule has 2 aliphatic rings. The predicted molar refractivity (Wildman–Crippen MR) is 67.3 cm³/mol. The number of benzene rings is 1. The summed E-state index contributed by atoms with van der Waals surface area (Å²) in [5.41, 5.74) is 2.06. The average molecular weight is 218 g/mol. The summed E-state index contributed by atoms with van der Waals surface area (Å²) in [4.78, 5) is 0. The zero-order valence-electron chi connectivity index (χ0n) is 9.02. The highest BCUT2D eigenvalue weighted by Gasteiger charge is 2.58. The van der Waals surface area contributed by atoms with E-state index in [0.717, 1.165) is 17.6 Å². The van der Waals surface area contributed by atoms with Gasteiger partial charge < -0.3 is 0 Å². The summed E-state index contributed by atoms with van der Waals surface area (Å²) in [6.07, 6.45) is 5.64. The molecule has 0 saturated heterocycles. The van der Waals surface area contributed by atoms with Gasteiger partial charge in [-0.15, -0.1) is 0 Å². The van der Waals surface area contributed by atoms with Crippen LogP contribution in [-0.2, 0) is 6.42 Å². The van der Waals surface area contributed by atoms with Gasteiger partial charge in [0.2, 0.25) is 0 Å². The Labute approximate surface area is 97.5 Å². The van der Waals surface area contributed by atoms with Gasteiger partial charge in [0.25, 0.3) is 0 Å². The molecule has 2 unspecified atom stereocenters. The van der Waals surface area contributed by atoms with Gasteiger partial charge in [0.15, 0.2) is 0 Å². The highest BCUT2D eigenvalue weighted by molar-refractivity contribution is 7.80. The smallest absolute Gasteiger partial charge is 0.00351 e. The molecule has 15 heavy (non-hydrogen) atoms. The third kappa shape index (κ3) is 1.82. The molecule has 1 heteroatoms. The Kier molecular flexibility index (Phi) is 2.31. The maximum Gasteiger partial charge on any atom is -0.00351 e. The molecule has 2 atom stereocenters. The SMILES string of the molecule is SCC1(Cc2ccccc2)CC1C1CC1. The van der Waals surface area contributed by atoms with Gasteiger partial charge in [0.05, 0.1) is 0 Å². The van der Waals surface area contributed by atoms with Crippen molar-refractivity contribution in [3.8, 4) is 0 Å². The first-order valence-corrected chi connectivity index (χ1v) is 6.62. The molecular formula is C14H18S. The molecule has 1 aromatic rings. The van der Waals surface area contributed by atoms with Crippen LogP contribution in [0, 0.1) is 17.3 Å². The largest absolute Gasteiger partial charge is 0.179 e. The molecular weight excluding hydrogens is 200 g/mol. The Hall–Kier alpha value is -0.430. The van der Waals surface area contributed by atoms with E-state index in [1.807, 2.05) is 0 Å². The van der Waals surface area contributed by atoms with Gasteiger partial charge in [-0.05, 0) is 54.3 Å². The molecule has 0 radical (unpaired) electrons. The summed E-state index contributed by atoms with van der Waals surface area (Å²) in [6.45, 7) is 0. The number of thiol groups is 1. The van der Waals surface area contributed by atoms with E-state index in [4.69, 9.17) is 0 Å². The highest BCUT2D eigenvalue weighted by Crippen LogP contribution is 2.64. The Bertz CT molecular complexity index is 342. The van der Waals surface area contributed by atoms with Crippen molar-refractivity contribution < 1.29 is 0 Å². The van der Waals surface area contributed by atoms with E-state index in [1.165, 1.54) is 31.2 Å². The van der Waals surface area contributed by atoms with Crippen molar-refractivity contribution in [2.45, 2.75) is 25.7 Å². The van der Waals surface area contributed by atoms with E-state index < -0.39 is 0 Å². The third-order valence-corrected chi connectivity index (χ3v) is 4.79. The first kappa shape index (κ1) is 9.77. The Morgan fingerprint density at radius 3 is 2.53 bits per heavy atom. The maximum absolute atomic E-state index is 4.58. The van der Waals surface area contributed by atoms with Gasteiger partial charge in [0, 0.05) is 0 Å². The fourth-order valence-electron chi connectivity index (χ4n) is 2.99. The van der Waals surface area contributed by atoms with E-state index in [2.05, 4.69) is 43.0 Å². The van der Waals surface area contributed by atoms with Crippen molar-refractivity contribution in [3.05, 3.63) is 35.9 Å². The second-order valence-electron chi connectivity index (χ2n) is 5.33. The molecule has 0 spiro atoms. The molecule has 80 valence electrons. The van der Waals surface area contributed by atoms with Crippen molar-refractivity contribution >= 4 is 12.6 Å². The van der Waals surface area contributed by atoms with Crippen LogP contribution in [-0.4, -0.2) is 5.75 Å². The average Bonchev–Trinajstić information content (AvgIpc) is 3.13. The van der Waals surface area contributed by atoms with Crippen LogP contribution in [0.3, 0.4) is 0 Å². The van der Waals surface area contributed by atoms with E-state index in [9.17, 15) is 0 Å². The zero-order valence-corrected chi connectivity index (χ0v) is 9.92. The monoisotopic (exact) mass is 218 g/mol. The number of hydrogen-bond donors (Lipinski definition) is 1. The van der Waals surface area contributed by atoms with Crippen LogP contribution in [0.2, 0.25) is 0 Å². The molecule has 2 saturated carbocycles. The third-order valence-electron chi connectivity index (χ3n) is 4.16. The zero-order chi connectivity index (χ0) is 10.3. The molecule has 2 fully saturated rings. The van der Waals surface area contributed by atoms with Gasteiger partial charge in [-0.2, -0.15) is 12.6 Å². The Balaban J connectivity index is 1.71. The predicted octanol–water partition coefficient (Wildman–Crippen LogP) is 3.58. The lowest BCUT2D eigenvalue weighted by molar-refractivity contribution is 0.479. The topological polar surface area (TPSA) is 0 Å². The van der Waals surface area contributed by atoms with Crippen LogP contribution in [0.5, 0.6) is 0 Å². The lowest BCUT2D eigenvalue weighted by atomic mass is 9.94. The molecule has 3 rings (SSSR count). The van der Waals surface area contributed by atoms with Crippen molar-refractivity contribution in [3.63, 3.8) is 0 Å². The van der Waals surface area contributed by atoms with Crippen LogP contribution in [0.1, 0.15) is 24.8 Å². The second-order valence-corrected chi connectivity index (χ2v) is 5.65. The van der Waals surface area contributed by atoms with Gasteiger partial charge in [0.1, 0.15) is 0 Å². The minimum atomic E-state index is 0.561. The van der Waals surface area contributed by atoms with E-state index in [1.54, 1.807) is 0 Å². The molecule has 1 aromatic carbocycles. The summed E-state index contributed by atoms with van der Waals surface area (Å²) in [6, 6.07) is 10.9. The molecule has 2 aliphatic carbocycles. The standard InChI is InChI=1S/C14H18S/c15-10-14(9-13(14)12-6-7-12)8-11-4-2-1-3-5-11/h1-5,12-13,15H,6-10H2. The molecule has 0 N–H and O–H groups in total. The summed E-state index contributed by atoms with van der Waals surface area (Å²) in [5, 5.41) is 0. The minimum absolute atomic E-state index is 0.561. The summed E-state index contributed by atoms with van der Waals surface area (Å²) in [5.74, 6) is 3.12. The molecule has 0 aliphatic heterocycles. The van der Waals surface area contributed by atoms with E-state index in [-0.39, 0.29) is 0 Å². The Morgan fingerprint density at radius 2 is 1.93 bits per heavy atom. The summed E-state index contributed by atoms with van der Waals surface area (Å²) >= 11 is 4.58. The molecule has 0 heterocycles. The second kappa shape index (κ2) is 3.55. The van der Waals surface area contributed by atoms with Gasteiger partial charge in [-0.25, -0.2) is 0 Å². The molecule has 0 nitrogen and oxygen atoms in total. The minimum Gasteiger partial charge on any atom is -0.179 e. The number of rotatable bonds is 4. The van der Waals surface area contributed by atoms with Crippen LogP contribution < -0.4 is 0 Å². The molecule has 0 aromatic heterocycles. The Morgan fingerprint density at radius 1 is 1.20 bits per heavy atom. The van der Waals surface area contributed by atoms with Gasteiger partial charge in [-0.3, -0.25) is 0 Å².